The van der Waals surface area contributed by atoms with Gasteiger partial charge in [-0.05, 0) is 24.3 Å². The number of sulfonamides is 1. The third-order valence-electron chi connectivity index (χ3n) is 3.28. The molecule has 0 bridgehead atoms. The van der Waals surface area contributed by atoms with Gasteiger partial charge >= 0.3 is 0 Å². The quantitative estimate of drug-likeness (QED) is 0.644. The van der Waals surface area contributed by atoms with Crippen molar-refractivity contribution >= 4 is 27.3 Å². The van der Waals surface area contributed by atoms with Crippen molar-refractivity contribution in [1.82, 2.24) is 4.31 Å². The van der Waals surface area contributed by atoms with Gasteiger partial charge in [0.25, 0.3) is 11.6 Å². The van der Waals surface area contributed by atoms with Crippen molar-refractivity contribution in [2.24, 2.45) is 0 Å². The summed E-state index contributed by atoms with van der Waals surface area (Å²) in [6, 6.07) is 7.89. The van der Waals surface area contributed by atoms with E-state index in [1.807, 2.05) is 0 Å². The standard InChI is InChI=1S/C15H14FN3O5S/c1-18(2)25(23,24)12-5-3-4-10(8-12)15(20)17-14-9-11(19(21)22)6-7-13(14)16/h3-9H,1-2H3,(H,17,20). The second-order valence-corrected chi connectivity index (χ2v) is 7.34. The third kappa shape index (κ3) is 3.98. The molecule has 0 radical (unpaired) electrons. The van der Waals surface area contributed by atoms with Crippen LogP contribution < -0.4 is 5.32 Å². The minimum absolute atomic E-state index is 0.0335. The average Bonchev–Trinajstić information content (AvgIpc) is 2.56. The summed E-state index contributed by atoms with van der Waals surface area (Å²) in [5.41, 5.74) is -0.797. The van der Waals surface area contributed by atoms with E-state index in [-0.39, 0.29) is 21.8 Å². The number of nitro groups is 1. The fraction of sp³-hybridized carbons (Fsp3) is 0.133. The number of halogens is 1. The highest BCUT2D eigenvalue weighted by Crippen LogP contribution is 2.22. The van der Waals surface area contributed by atoms with Gasteiger partial charge in [0, 0.05) is 31.8 Å². The molecule has 2 rings (SSSR count). The summed E-state index contributed by atoms with van der Waals surface area (Å²) in [5, 5.41) is 12.9. The van der Waals surface area contributed by atoms with E-state index in [0.717, 1.165) is 28.6 Å². The Balaban J connectivity index is 2.34. The van der Waals surface area contributed by atoms with Gasteiger partial charge in [0.2, 0.25) is 10.0 Å². The van der Waals surface area contributed by atoms with E-state index >= 15 is 0 Å². The van der Waals surface area contributed by atoms with Crippen LogP contribution in [0.3, 0.4) is 0 Å². The highest BCUT2D eigenvalue weighted by Gasteiger charge is 2.19. The number of hydrogen-bond donors (Lipinski definition) is 1. The van der Waals surface area contributed by atoms with Crippen LogP contribution in [-0.4, -0.2) is 37.6 Å². The Labute approximate surface area is 143 Å². The second kappa shape index (κ2) is 6.95. The van der Waals surface area contributed by atoms with E-state index in [9.17, 15) is 27.7 Å². The van der Waals surface area contributed by atoms with Gasteiger partial charge in [-0.1, -0.05) is 6.07 Å². The minimum atomic E-state index is -3.74. The molecule has 0 heterocycles. The number of carbonyl (C=O) groups excluding carboxylic acids is 1. The number of benzene rings is 2. The Morgan fingerprint density at radius 1 is 1.20 bits per heavy atom. The normalized spacial score (nSPS) is 11.4. The van der Waals surface area contributed by atoms with Gasteiger partial charge in [0.05, 0.1) is 15.5 Å². The van der Waals surface area contributed by atoms with Crippen LogP contribution in [0.1, 0.15) is 10.4 Å². The molecule has 2 aromatic rings. The molecule has 10 heteroatoms. The number of hydrogen-bond acceptors (Lipinski definition) is 5. The van der Waals surface area contributed by atoms with Crippen molar-refractivity contribution in [3.8, 4) is 0 Å². The van der Waals surface area contributed by atoms with Gasteiger partial charge in [0.15, 0.2) is 0 Å². The zero-order valence-electron chi connectivity index (χ0n) is 13.3. The fourth-order valence-corrected chi connectivity index (χ4v) is 2.87. The van der Waals surface area contributed by atoms with Crippen molar-refractivity contribution < 1.29 is 22.5 Å². The van der Waals surface area contributed by atoms with Crippen LogP contribution in [0.4, 0.5) is 15.8 Å². The van der Waals surface area contributed by atoms with E-state index in [2.05, 4.69) is 5.32 Å². The van der Waals surface area contributed by atoms with Gasteiger partial charge < -0.3 is 5.32 Å². The first-order valence-electron chi connectivity index (χ1n) is 6.91. The molecule has 0 aliphatic rings. The number of amides is 1. The van der Waals surface area contributed by atoms with Crippen LogP contribution in [0.2, 0.25) is 0 Å². The van der Waals surface area contributed by atoms with Crippen LogP contribution in [0.5, 0.6) is 0 Å². The molecule has 1 N–H and O–H groups in total. The Morgan fingerprint density at radius 2 is 1.88 bits per heavy atom. The van der Waals surface area contributed by atoms with Crippen LogP contribution in [0.15, 0.2) is 47.4 Å². The largest absolute Gasteiger partial charge is 0.319 e. The minimum Gasteiger partial charge on any atom is -0.319 e. The predicted octanol–water partition coefficient (Wildman–Crippen LogP) is 2.24. The van der Waals surface area contributed by atoms with Crippen molar-refractivity contribution in [3.63, 3.8) is 0 Å². The molecule has 0 aliphatic heterocycles. The fourth-order valence-electron chi connectivity index (χ4n) is 1.93. The first-order chi connectivity index (χ1) is 11.6. The molecule has 0 fully saturated rings. The number of rotatable bonds is 5. The zero-order chi connectivity index (χ0) is 18.8. The molecular weight excluding hydrogens is 353 g/mol. The van der Waals surface area contributed by atoms with Crippen LogP contribution >= 0.6 is 0 Å². The molecule has 0 saturated carbocycles. The van der Waals surface area contributed by atoms with E-state index in [1.165, 1.54) is 32.3 Å². The summed E-state index contributed by atoms with van der Waals surface area (Å²) in [6.07, 6.45) is 0. The number of nitrogens with one attached hydrogen (secondary N) is 1. The van der Waals surface area contributed by atoms with E-state index in [1.54, 1.807) is 0 Å². The highest BCUT2D eigenvalue weighted by molar-refractivity contribution is 7.89. The molecule has 0 unspecified atom stereocenters. The van der Waals surface area contributed by atoms with Gasteiger partial charge in [-0.3, -0.25) is 14.9 Å². The summed E-state index contributed by atoms with van der Waals surface area (Å²) >= 11 is 0. The molecule has 0 aromatic heterocycles. The molecule has 8 nitrogen and oxygen atoms in total. The number of non-ortho nitro benzene ring substituents is 1. The lowest BCUT2D eigenvalue weighted by Gasteiger charge is -2.12. The summed E-state index contributed by atoms with van der Waals surface area (Å²) in [5.74, 6) is -1.65. The Morgan fingerprint density at radius 3 is 2.48 bits per heavy atom. The lowest BCUT2D eigenvalue weighted by Crippen LogP contribution is -2.22. The SMILES string of the molecule is CN(C)S(=O)(=O)c1cccc(C(=O)Nc2cc([N+](=O)[O-])ccc2F)c1. The maximum Gasteiger partial charge on any atom is 0.271 e. The topological polar surface area (TPSA) is 110 Å². The van der Waals surface area contributed by atoms with Crippen molar-refractivity contribution in [2.75, 3.05) is 19.4 Å². The molecular formula is C15H14FN3O5S. The molecule has 0 atom stereocenters. The van der Waals surface area contributed by atoms with E-state index in [4.69, 9.17) is 0 Å². The average molecular weight is 367 g/mol. The number of nitrogens with zero attached hydrogens (tertiary/aromatic N) is 2. The Hall–Kier alpha value is -2.85. The number of nitro benzene ring substituents is 1. The van der Waals surface area contributed by atoms with Gasteiger partial charge in [-0.2, -0.15) is 0 Å². The molecule has 25 heavy (non-hydrogen) atoms. The Bertz CT molecular complexity index is 944. The summed E-state index contributed by atoms with van der Waals surface area (Å²) in [4.78, 5) is 22.1. The van der Waals surface area contributed by atoms with Crippen LogP contribution in [-0.2, 0) is 10.0 Å². The van der Waals surface area contributed by atoms with E-state index in [0.29, 0.717) is 0 Å². The maximum atomic E-state index is 13.7. The maximum absolute atomic E-state index is 13.7. The van der Waals surface area contributed by atoms with Gasteiger partial charge in [-0.15, -0.1) is 0 Å². The summed E-state index contributed by atoms with van der Waals surface area (Å²) < 4.78 is 38.9. The number of anilines is 1. The molecule has 1 amide bonds. The van der Waals surface area contributed by atoms with Crippen molar-refractivity contribution in [2.45, 2.75) is 4.90 Å². The molecule has 2 aromatic carbocycles. The zero-order valence-corrected chi connectivity index (χ0v) is 14.1. The molecule has 0 saturated heterocycles. The smallest absolute Gasteiger partial charge is 0.271 e. The molecule has 132 valence electrons. The first-order valence-corrected chi connectivity index (χ1v) is 8.35. The van der Waals surface area contributed by atoms with Crippen LogP contribution in [0, 0.1) is 15.9 Å². The highest BCUT2D eigenvalue weighted by atomic mass is 32.2. The molecule has 0 aliphatic carbocycles. The summed E-state index contributed by atoms with van der Waals surface area (Å²) in [7, 11) is -1.05. The third-order valence-corrected chi connectivity index (χ3v) is 5.09. The Kier molecular flexibility index (Phi) is 5.14. The monoisotopic (exact) mass is 367 g/mol. The van der Waals surface area contributed by atoms with Crippen molar-refractivity contribution in [1.29, 1.82) is 0 Å². The molecule has 0 spiro atoms. The van der Waals surface area contributed by atoms with Gasteiger partial charge in [0.1, 0.15) is 5.82 Å². The number of carbonyl (C=O) groups is 1. The van der Waals surface area contributed by atoms with E-state index < -0.39 is 26.7 Å². The lowest BCUT2D eigenvalue weighted by atomic mass is 10.2. The lowest BCUT2D eigenvalue weighted by molar-refractivity contribution is -0.384. The second-order valence-electron chi connectivity index (χ2n) is 5.19. The predicted molar refractivity (Wildman–Crippen MR) is 88.3 cm³/mol. The van der Waals surface area contributed by atoms with Crippen molar-refractivity contribution in [3.05, 3.63) is 64.0 Å². The first kappa shape index (κ1) is 18.5. The van der Waals surface area contributed by atoms with Crippen LogP contribution in [0.25, 0.3) is 0 Å². The summed E-state index contributed by atoms with van der Waals surface area (Å²) in [6.45, 7) is 0. The van der Waals surface area contributed by atoms with Gasteiger partial charge in [-0.25, -0.2) is 17.1 Å².